The number of fused-ring (bicyclic) bond motifs is 3. The Hall–Kier alpha value is -3.02. The second-order valence-corrected chi connectivity index (χ2v) is 8.51. The average molecular weight is 488 g/mol. The van der Waals surface area contributed by atoms with E-state index in [1.165, 1.54) is 15.7 Å². The monoisotopic (exact) mass is 488 g/mol. The Morgan fingerprint density at radius 1 is 1.35 bits per heavy atom. The van der Waals surface area contributed by atoms with E-state index in [0.717, 1.165) is 6.07 Å². The summed E-state index contributed by atoms with van der Waals surface area (Å²) in [5.74, 6) is -5.10. The summed E-state index contributed by atoms with van der Waals surface area (Å²) < 4.78 is 83.8. The van der Waals surface area contributed by atoms with Gasteiger partial charge in [-0.3, -0.25) is 4.68 Å². The van der Waals surface area contributed by atoms with Crippen LogP contribution in [0.5, 0.6) is 0 Å². The van der Waals surface area contributed by atoms with Gasteiger partial charge in [0.15, 0.2) is 0 Å². The van der Waals surface area contributed by atoms with Crippen molar-refractivity contribution in [1.29, 1.82) is 0 Å². The predicted octanol–water partition coefficient (Wildman–Crippen LogP) is 4.68. The van der Waals surface area contributed by atoms with Crippen LogP contribution in [0, 0.1) is 11.7 Å². The van der Waals surface area contributed by atoms with Crippen LogP contribution in [-0.2, 0) is 31.6 Å². The van der Waals surface area contributed by atoms with Crippen molar-refractivity contribution in [3.8, 4) is 0 Å². The number of benzene rings is 1. The van der Waals surface area contributed by atoms with Crippen molar-refractivity contribution in [2.75, 3.05) is 11.9 Å². The predicted molar refractivity (Wildman–Crippen MR) is 110 cm³/mol. The summed E-state index contributed by atoms with van der Waals surface area (Å²) in [5.41, 5.74) is -1.60. The summed E-state index contributed by atoms with van der Waals surface area (Å²) in [6.07, 6.45) is -3.82. The summed E-state index contributed by atoms with van der Waals surface area (Å²) in [6, 6.07) is 0.543. The standard InChI is InChI=1S/C22H22F6N4O2/c1-2-14-8-18-15(19-21(24,25)6-5-12(11-33)9-32(19)30-18)10-31(14)20(34)29-13-3-4-17(23)16(7-13)22(26,27)28/h2-4,7,12,14,33H,1,5-6,8-11H2,(H,29,34)/t12-,14+/m0/s1. The maximum Gasteiger partial charge on any atom is 0.419 e. The highest BCUT2D eigenvalue weighted by atomic mass is 19.4. The summed E-state index contributed by atoms with van der Waals surface area (Å²) >= 11 is 0. The van der Waals surface area contributed by atoms with Gasteiger partial charge in [0, 0.05) is 43.2 Å². The average Bonchev–Trinajstić information content (AvgIpc) is 3.07. The van der Waals surface area contributed by atoms with E-state index < -0.39 is 42.0 Å². The molecule has 0 spiro atoms. The van der Waals surface area contributed by atoms with Crippen LogP contribution < -0.4 is 5.32 Å². The molecule has 6 nitrogen and oxygen atoms in total. The molecule has 3 heterocycles. The molecule has 2 N–H and O–H groups in total. The van der Waals surface area contributed by atoms with Gasteiger partial charge < -0.3 is 15.3 Å². The Balaban J connectivity index is 1.64. The van der Waals surface area contributed by atoms with E-state index in [-0.39, 0.29) is 55.4 Å². The van der Waals surface area contributed by atoms with Crippen molar-refractivity contribution in [3.63, 3.8) is 0 Å². The van der Waals surface area contributed by atoms with Crippen molar-refractivity contribution in [2.24, 2.45) is 5.92 Å². The first-order valence-corrected chi connectivity index (χ1v) is 10.6. The van der Waals surface area contributed by atoms with Gasteiger partial charge in [-0.1, -0.05) is 6.08 Å². The second-order valence-electron chi connectivity index (χ2n) is 8.51. The fourth-order valence-electron chi connectivity index (χ4n) is 4.45. The Bertz CT molecular complexity index is 1110. The number of hydrogen-bond acceptors (Lipinski definition) is 3. The third kappa shape index (κ3) is 4.38. The molecular weight excluding hydrogens is 466 g/mol. The topological polar surface area (TPSA) is 70.4 Å². The van der Waals surface area contributed by atoms with Crippen LogP contribution in [0.4, 0.5) is 36.8 Å². The molecule has 0 unspecified atom stereocenters. The zero-order chi connectivity index (χ0) is 24.8. The second kappa shape index (κ2) is 8.64. The highest BCUT2D eigenvalue weighted by molar-refractivity contribution is 5.90. The van der Waals surface area contributed by atoms with Gasteiger partial charge in [0.1, 0.15) is 11.5 Å². The third-order valence-electron chi connectivity index (χ3n) is 6.22. The first-order chi connectivity index (χ1) is 15.9. The van der Waals surface area contributed by atoms with Gasteiger partial charge in [-0.15, -0.1) is 6.58 Å². The van der Waals surface area contributed by atoms with Gasteiger partial charge in [0.05, 0.1) is 23.8 Å². The lowest BCUT2D eigenvalue weighted by Crippen LogP contribution is -2.45. The Morgan fingerprint density at radius 3 is 2.74 bits per heavy atom. The van der Waals surface area contributed by atoms with Crippen LogP contribution in [0.15, 0.2) is 30.9 Å². The summed E-state index contributed by atoms with van der Waals surface area (Å²) in [5, 5.41) is 16.1. The van der Waals surface area contributed by atoms with Gasteiger partial charge in [0.25, 0.3) is 5.92 Å². The van der Waals surface area contributed by atoms with E-state index >= 15 is 8.78 Å². The molecule has 34 heavy (non-hydrogen) atoms. The van der Waals surface area contributed by atoms with Crippen molar-refractivity contribution in [2.45, 2.75) is 50.5 Å². The number of anilines is 1. The molecule has 2 aromatic rings. The van der Waals surface area contributed by atoms with Gasteiger partial charge in [-0.05, 0) is 24.6 Å². The molecule has 0 bridgehead atoms. The van der Waals surface area contributed by atoms with Gasteiger partial charge in [-0.2, -0.15) is 27.1 Å². The van der Waals surface area contributed by atoms with E-state index in [9.17, 15) is 27.5 Å². The highest BCUT2D eigenvalue weighted by Gasteiger charge is 2.45. The highest BCUT2D eigenvalue weighted by Crippen LogP contribution is 2.42. The number of alkyl halides is 5. The molecule has 184 valence electrons. The largest absolute Gasteiger partial charge is 0.419 e. The maximum atomic E-state index is 15.0. The van der Waals surface area contributed by atoms with Crippen LogP contribution >= 0.6 is 0 Å². The number of hydrogen-bond donors (Lipinski definition) is 2. The Labute approximate surface area is 190 Å². The van der Waals surface area contributed by atoms with Crippen molar-refractivity contribution < 1.29 is 36.2 Å². The number of nitrogens with one attached hydrogen (secondary N) is 1. The van der Waals surface area contributed by atoms with E-state index in [0.29, 0.717) is 17.8 Å². The van der Waals surface area contributed by atoms with E-state index in [1.54, 1.807) is 0 Å². The van der Waals surface area contributed by atoms with Gasteiger partial charge in [-0.25, -0.2) is 9.18 Å². The summed E-state index contributed by atoms with van der Waals surface area (Å²) in [6.45, 7) is 3.25. The first kappa shape index (κ1) is 24.1. The van der Waals surface area contributed by atoms with E-state index in [1.807, 2.05) is 0 Å². The van der Waals surface area contributed by atoms with Gasteiger partial charge >= 0.3 is 12.2 Å². The SMILES string of the molecule is C=C[C@@H]1Cc2nn3c(c2CN1C(=O)Nc1ccc(F)c(C(F)(F)F)c1)C(F)(F)CC[C@H](CO)C3. The quantitative estimate of drug-likeness (QED) is 0.487. The molecule has 12 heteroatoms. The molecule has 2 aliphatic heterocycles. The minimum Gasteiger partial charge on any atom is -0.396 e. The number of amides is 2. The molecule has 2 aliphatic rings. The number of carbonyl (C=O) groups is 1. The number of nitrogens with zero attached hydrogens (tertiary/aromatic N) is 3. The molecule has 2 amide bonds. The van der Waals surface area contributed by atoms with Crippen LogP contribution in [-0.4, -0.2) is 38.5 Å². The van der Waals surface area contributed by atoms with Crippen LogP contribution in [0.1, 0.15) is 35.4 Å². The van der Waals surface area contributed by atoms with E-state index in [2.05, 4.69) is 17.0 Å². The number of aliphatic hydroxyl groups excluding tert-OH is 1. The zero-order valence-corrected chi connectivity index (χ0v) is 17.9. The fourth-order valence-corrected chi connectivity index (χ4v) is 4.45. The summed E-state index contributed by atoms with van der Waals surface area (Å²) in [7, 11) is 0. The lowest BCUT2D eigenvalue weighted by Gasteiger charge is -2.34. The number of carbonyl (C=O) groups excluding carboxylic acids is 1. The van der Waals surface area contributed by atoms with E-state index in [4.69, 9.17) is 0 Å². The molecule has 0 saturated carbocycles. The molecular formula is C22H22F6N4O2. The molecule has 2 atom stereocenters. The van der Waals surface area contributed by atoms with Crippen LogP contribution in [0.3, 0.4) is 0 Å². The molecule has 4 rings (SSSR count). The number of aromatic nitrogens is 2. The minimum absolute atomic E-state index is 0.0867. The van der Waals surface area contributed by atoms with Crippen molar-refractivity contribution in [3.05, 3.63) is 59.2 Å². The molecule has 0 aliphatic carbocycles. The maximum absolute atomic E-state index is 15.0. The smallest absolute Gasteiger partial charge is 0.396 e. The Kier molecular flexibility index (Phi) is 6.13. The minimum atomic E-state index is -4.96. The zero-order valence-electron chi connectivity index (χ0n) is 17.9. The van der Waals surface area contributed by atoms with Crippen molar-refractivity contribution in [1.82, 2.24) is 14.7 Å². The summed E-state index contributed by atoms with van der Waals surface area (Å²) in [4.78, 5) is 14.1. The van der Waals surface area contributed by atoms with Crippen LogP contribution in [0.2, 0.25) is 0 Å². The lowest BCUT2D eigenvalue weighted by atomic mass is 9.95. The number of halogens is 6. The number of rotatable bonds is 3. The fraction of sp³-hybridized carbons (Fsp3) is 0.455. The van der Waals surface area contributed by atoms with Gasteiger partial charge in [0.2, 0.25) is 0 Å². The molecule has 0 radical (unpaired) electrons. The molecule has 1 aromatic heterocycles. The first-order valence-electron chi connectivity index (χ1n) is 10.6. The molecule has 0 saturated heterocycles. The van der Waals surface area contributed by atoms with Crippen LogP contribution in [0.25, 0.3) is 0 Å². The third-order valence-corrected chi connectivity index (χ3v) is 6.22. The number of aliphatic hydroxyl groups is 1. The Morgan fingerprint density at radius 2 is 2.09 bits per heavy atom. The normalized spacial score (nSPS) is 21.9. The lowest BCUT2D eigenvalue weighted by molar-refractivity contribution is -0.139. The number of urea groups is 1. The van der Waals surface area contributed by atoms with Crippen molar-refractivity contribution >= 4 is 11.7 Å². The molecule has 1 aromatic carbocycles. The molecule has 0 fully saturated rings.